The van der Waals surface area contributed by atoms with Crippen molar-refractivity contribution in [1.82, 2.24) is 19.5 Å². The van der Waals surface area contributed by atoms with Crippen molar-refractivity contribution in [3.8, 4) is 0 Å². The lowest BCUT2D eigenvalue weighted by Crippen LogP contribution is -2.22. The number of hydrogen-bond donors (Lipinski definition) is 2. The van der Waals surface area contributed by atoms with E-state index in [0.717, 1.165) is 6.04 Å². The molecule has 3 heterocycles. The number of rotatable bonds is 9. The van der Waals surface area contributed by atoms with Crippen molar-refractivity contribution in [3.63, 3.8) is 0 Å². The Balaban J connectivity index is 1.90. The van der Waals surface area contributed by atoms with E-state index in [1.807, 2.05) is 31.4 Å². The molecule has 8 nitrogen and oxygen atoms in total. The van der Waals surface area contributed by atoms with E-state index in [1.165, 1.54) is 0 Å². The third-order valence-electron chi connectivity index (χ3n) is 4.98. The molecule has 0 radical (unpaired) electrons. The van der Waals surface area contributed by atoms with E-state index in [-0.39, 0.29) is 12.4 Å². The van der Waals surface area contributed by atoms with Gasteiger partial charge in [-0.3, -0.25) is 9.78 Å². The van der Waals surface area contributed by atoms with Gasteiger partial charge in [0.15, 0.2) is 11.4 Å². The largest absolute Gasteiger partial charge is 0.390 e. The highest BCUT2D eigenvalue weighted by Crippen LogP contribution is 2.28. The van der Waals surface area contributed by atoms with Crippen LogP contribution in [0.25, 0.3) is 11.2 Å². The number of carbonyl (C=O) groups excluding carboxylic acids is 1. The molecule has 0 aliphatic carbocycles. The highest BCUT2D eigenvalue weighted by Gasteiger charge is 2.28. The average Bonchev–Trinajstić information content (AvgIpc) is 3.07. The predicted octanol–water partition coefficient (Wildman–Crippen LogP) is 4.60. The fraction of sp³-hybridized carbons (Fsp3) is 0.478. The summed E-state index contributed by atoms with van der Waals surface area (Å²) >= 11 is 0. The first-order chi connectivity index (χ1) is 15.0. The average molecular weight is 456 g/mol. The zero-order valence-corrected chi connectivity index (χ0v) is 20.8. The number of aliphatic hydroxyl groups is 1. The third-order valence-corrected chi connectivity index (χ3v) is 6.68. The number of nitrogens with one attached hydrogen (secondary N) is 1. The van der Waals surface area contributed by atoms with Crippen molar-refractivity contribution in [3.05, 3.63) is 42.0 Å². The quantitative estimate of drug-likeness (QED) is 0.276. The lowest BCUT2D eigenvalue weighted by atomic mass is 9.87. The molecule has 32 heavy (non-hydrogen) atoms. The summed E-state index contributed by atoms with van der Waals surface area (Å²) in [5.74, 6) is 0.514. The van der Waals surface area contributed by atoms with Gasteiger partial charge in [0.1, 0.15) is 18.1 Å². The van der Waals surface area contributed by atoms with Crippen molar-refractivity contribution in [2.45, 2.75) is 59.8 Å². The molecule has 0 aromatic carbocycles. The highest BCUT2D eigenvalue weighted by atomic mass is 28.3. The topological polar surface area (TPSA) is 102 Å². The fourth-order valence-electron chi connectivity index (χ4n) is 3.06. The molecule has 0 aliphatic rings. The summed E-state index contributed by atoms with van der Waals surface area (Å²) in [7, 11) is -1.18. The van der Waals surface area contributed by atoms with Crippen molar-refractivity contribution in [2.75, 3.05) is 11.9 Å². The molecule has 3 aromatic heterocycles. The third kappa shape index (κ3) is 5.99. The van der Waals surface area contributed by atoms with Gasteiger partial charge in [0, 0.05) is 26.3 Å². The first-order valence-corrected chi connectivity index (χ1v) is 14.5. The van der Waals surface area contributed by atoms with Gasteiger partial charge >= 0.3 is 0 Å². The van der Waals surface area contributed by atoms with Crippen LogP contribution >= 0.6 is 0 Å². The van der Waals surface area contributed by atoms with Gasteiger partial charge in [-0.2, -0.15) is 0 Å². The summed E-state index contributed by atoms with van der Waals surface area (Å²) < 4.78 is 7.76. The van der Waals surface area contributed by atoms with Crippen LogP contribution in [-0.2, 0) is 18.1 Å². The summed E-state index contributed by atoms with van der Waals surface area (Å²) in [5.41, 5.74) is 2.45. The lowest BCUT2D eigenvalue weighted by molar-refractivity contribution is 0.0849. The van der Waals surface area contributed by atoms with E-state index in [4.69, 9.17) is 14.8 Å². The molecule has 0 amide bonds. The van der Waals surface area contributed by atoms with Crippen LogP contribution in [0.2, 0.25) is 25.7 Å². The number of pyridine rings is 1. The van der Waals surface area contributed by atoms with Gasteiger partial charge in [-0.15, -0.1) is 0 Å². The predicted molar refractivity (Wildman–Crippen MR) is 129 cm³/mol. The first-order valence-electron chi connectivity index (χ1n) is 10.8. The molecule has 0 atom stereocenters. The van der Waals surface area contributed by atoms with E-state index in [0.29, 0.717) is 47.3 Å². The van der Waals surface area contributed by atoms with Crippen molar-refractivity contribution in [2.24, 2.45) is 5.41 Å². The second kappa shape index (κ2) is 9.48. The Labute approximate surface area is 190 Å². The zero-order chi connectivity index (χ0) is 23.5. The molecule has 2 N–H and O–H groups in total. The van der Waals surface area contributed by atoms with Crippen LogP contribution in [-0.4, -0.2) is 45.1 Å². The maximum atomic E-state index is 13.1. The number of ether oxygens (including phenoxy) is 1. The van der Waals surface area contributed by atoms with E-state index < -0.39 is 13.5 Å². The molecule has 0 unspecified atom stereocenters. The van der Waals surface area contributed by atoms with Gasteiger partial charge in [0.2, 0.25) is 0 Å². The Morgan fingerprint density at radius 1 is 1.19 bits per heavy atom. The van der Waals surface area contributed by atoms with E-state index in [9.17, 15) is 4.79 Å². The van der Waals surface area contributed by atoms with E-state index >= 15 is 0 Å². The molecule has 0 saturated heterocycles. The van der Waals surface area contributed by atoms with E-state index in [1.54, 1.807) is 24.7 Å². The Hall–Kier alpha value is -2.62. The highest BCUT2D eigenvalue weighted by molar-refractivity contribution is 6.76. The number of Topliss-reactive ketones (excluding diaryl/α,β-unsaturated/α-hetero) is 1. The van der Waals surface area contributed by atoms with Gasteiger partial charge in [-0.25, -0.2) is 9.97 Å². The van der Waals surface area contributed by atoms with Crippen LogP contribution in [0.3, 0.4) is 0 Å². The molecule has 172 valence electrons. The summed E-state index contributed by atoms with van der Waals surface area (Å²) in [6, 6.07) is 4.61. The second-order valence-electron chi connectivity index (χ2n) is 10.2. The summed E-state index contributed by atoms with van der Waals surface area (Å²) in [4.78, 5) is 26.6. The van der Waals surface area contributed by atoms with Gasteiger partial charge in [-0.05, 0) is 18.2 Å². The van der Waals surface area contributed by atoms with Crippen LogP contribution < -0.4 is 5.32 Å². The molecule has 0 fully saturated rings. The van der Waals surface area contributed by atoms with Gasteiger partial charge in [0.25, 0.3) is 0 Å². The van der Waals surface area contributed by atoms with Crippen LogP contribution in [0.1, 0.15) is 36.8 Å². The number of anilines is 2. The molecule has 0 bridgehead atoms. The number of carbonyl (C=O) groups is 1. The first kappa shape index (κ1) is 24.0. The van der Waals surface area contributed by atoms with Crippen LogP contribution in [0, 0.1) is 5.41 Å². The number of hydrogen-bond acceptors (Lipinski definition) is 7. The van der Waals surface area contributed by atoms with Gasteiger partial charge in [-0.1, -0.05) is 40.4 Å². The maximum Gasteiger partial charge on any atom is 0.171 e. The molecule has 0 aliphatic heterocycles. The SMILES string of the molecule is CC(C)(C)C(=O)c1cn(COCC[Si](C)(C)C)c2ncc(Nc3ccc(CO)nc3)nc12. The van der Waals surface area contributed by atoms with Gasteiger partial charge in [0.05, 0.1) is 35.9 Å². The van der Waals surface area contributed by atoms with E-state index in [2.05, 4.69) is 34.9 Å². The minimum absolute atomic E-state index is 0.00349. The lowest BCUT2D eigenvalue weighted by Gasteiger charge is -2.16. The van der Waals surface area contributed by atoms with Crippen LogP contribution in [0.4, 0.5) is 11.5 Å². The summed E-state index contributed by atoms with van der Waals surface area (Å²) in [5, 5.41) is 12.3. The van der Waals surface area contributed by atoms with Crippen molar-refractivity contribution < 1.29 is 14.6 Å². The molecule has 0 spiro atoms. The number of fused-ring (bicyclic) bond motifs is 1. The van der Waals surface area contributed by atoms with Gasteiger partial charge < -0.3 is 19.7 Å². The fourth-order valence-corrected chi connectivity index (χ4v) is 3.82. The summed E-state index contributed by atoms with van der Waals surface area (Å²) in [6.45, 7) is 13.5. The monoisotopic (exact) mass is 455 g/mol. The Morgan fingerprint density at radius 3 is 2.53 bits per heavy atom. The molecule has 0 saturated carbocycles. The Kier molecular flexibility index (Phi) is 7.11. The number of aliphatic hydroxyl groups excluding tert-OH is 1. The Morgan fingerprint density at radius 2 is 1.94 bits per heavy atom. The van der Waals surface area contributed by atoms with Crippen LogP contribution in [0.5, 0.6) is 0 Å². The number of aromatic nitrogens is 4. The zero-order valence-electron chi connectivity index (χ0n) is 19.8. The summed E-state index contributed by atoms with van der Waals surface area (Å²) in [6.07, 6.45) is 5.05. The molecular weight excluding hydrogens is 422 g/mol. The second-order valence-corrected chi connectivity index (χ2v) is 15.8. The standard InChI is InChI=1S/C23H33N5O3Si/c1-23(2,3)21(30)18-13-28(15-31-9-10-32(4,5)6)22-20(18)27-19(12-25-22)26-16-7-8-17(14-29)24-11-16/h7-8,11-13,29H,9-10,14-15H2,1-6H3,(H,26,27). The Bertz CT molecular complexity index is 1080. The molecule has 3 rings (SSSR count). The normalized spacial score (nSPS) is 12.3. The van der Waals surface area contributed by atoms with Crippen molar-refractivity contribution >= 4 is 36.5 Å². The van der Waals surface area contributed by atoms with Crippen LogP contribution in [0.15, 0.2) is 30.7 Å². The molecule has 3 aromatic rings. The molecule has 9 heteroatoms. The minimum Gasteiger partial charge on any atom is -0.390 e. The number of nitrogens with zero attached hydrogens (tertiary/aromatic N) is 4. The number of ketones is 1. The van der Waals surface area contributed by atoms with Crippen molar-refractivity contribution in [1.29, 1.82) is 0 Å². The molecular formula is C23H33N5O3Si. The smallest absolute Gasteiger partial charge is 0.171 e. The minimum atomic E-state index is -1.18. The maximum absolute atomic E-state index is 13.1.